The summed E-state index contributed by atoms with van der Waals surface area (Å²) >= 11 is 0. The first-order valence-corrected chi connectivity index (χ1v) is 4.83. The average Bonchev–Trinajstić information content (AvgIpc) is 2.14. The molecule has 0 amide bonds. The second-order valence-corrected chi connectivity index (χ2v) is 4.50. The third-order valence-electron chi connectivity index (χ3n) is 4.00. The SMILES string of the molecule is CC1C(C)C(C)C(C(F)(F)F)C1C. The third-order valence-corrected chi connectivity index (χ3v) is 4.00. The van der Waals surface area contributed by atoms with Gasteiger partial charge in [0.25, 0.3) is 0 Å². The maximum atomic E-state index is 12.6. The maximum Gasteiger partial charge on any atom is 0.392 e. The van der Waals surface area contributed by atoms with E-state index in [0.717, 1.165) is 0 Å². The fourth-order valence-corrected chi connectivity index (χ4v) is 2.69. The molecule has 78 valence electrons. The number of rotatable bonds is 0. The Balaban J connectivity index is 2.88. The molecule has 4 unspecified atom stereocenters. The van der Waals surface area contributed by atoms with Crippen molar-refractivity contribution < 1.29 is 13.2 Å². The van der Waals surface area contributed by atoms with Crippen molar-refractivity contribution in [3.05, 3.63) is 0 Å². The summed E-state index contributed by atoms with van der Waals surface area (Å²) in [5, 5.41) is 0. The van der Waals surface area contributed by atoms with Gasteiger partial charge < -0.3 is 0 Å². The molecule has 0 nitrogen and oxygen atoms in total. The second-order valence-electron chi connectivity index (χ2n) is 4.50. The maximum absolute atomic E-state index is 12.6. The highest BCUT2D eigenvalue weighted by Gasteiger charge is 2.54. The molecule has 1 fully saturated rings. The molecule has 0 bridgehead atoms. The van der Waals surface area contributed by atoms with E-state index in [0.29, 0.717) is 0 Å². The summed E-state index contributed by atoms with van der Waals surface area (Å²) in [4.78, 5) is 0. The lowest BCUT2D eigenvalue weighted by molar-refractivity contribution is -0.193. The first-order chi connectivity index (χ1) is 5.76. The Bertz CT molecular complexity index is 171. The highest BCUT2D eigenvalue weighted by molar-refractivity contribution is 4.92. The van der Waals surface area contributed by atoms with E-state index in [-0.39, 0.29) is 23.7 Å². The summed E-state index contributed by atoms with van der Waals surface area (Å²) in [6.07, 6.45) is -4.02. The van der Waals surface area contributed by atoms with Gasteiger partial charge in [-0.2, -0.15) is 13.2 Å². The molecule has 0 radical (unpaired) electrons. The normalized spacial score (nSPS) is 46.8. The predicted molar refractivity (Wildman–Crippen MR) is 46.2 cm³/mol. The van der Waals surface area contributed by atoms with Gasteiger partial charge >= 0.3 is 6.18 Å². The van der Waals surface area contributed by atoms with Crippen LogP contribution < -0.4 is 0 Å². The lowest BCUT2D eigenvalue weighted by Gasteiger charge is -2.24. The van der Waals surface area contributed by atoms with Gasteiger partial charge in [0.15, 0.2) is 0 Å². The van der Waals surface area contributed by atoms with E-state index in [1.54, 1.807) is 13.8 Å². The molecule has 0 aromatic heterocycles. The summed E-state index contributed by atoms with van der Waals surface area (Å²) in [5.41, 5.74) is 0. The van der Waals surface area contributed by atoms with E-state index < -0.39 is 12.1 Å². The van der Waals surface area contributed by atoms with Crippen molar-refractivity contribution in [3.8, 4) is 0 Å². The van der Waals surface area contributed by atoms with Crippen LogP contribution in [0.15, 0.2) is 0 Å². The van der Waals surface area contributed by atoms with Crippen LogP contribution in [0.1, 0.15) is 27.7 Å². The summed E-state index contributed by atoms with van der Waals surface area (Å²) < 4.78 is 37.8. The Kier molecular flexibility index (Phi) is 2.65. The number of hydrogen-bond acceptors (Lipinski definition) is 0. The van der Waals surface area contributed by atoms with Gasteiger partial charge in [0.05, 0.1) is 5.92 Å². The van der Waals surface area contributed by atoms with Crippen molar-refractivity contribution in [1.29, 1.82) is 0 Å². The minimum Gasteiger partial charge on any atom is -0.171 e. The predicted octanol–water partition coefficient (Wildman–Crippen LogP) is 3.72. The molecule has 0 aromatic carbocycles. The Morgan fingerprint density at radius 2 is 1.00 bits per heavy atom. The highest BCUT2D eigenvalue weighted by atomic mass is 19.4. The van der Waals surface area contributed by atoms with Crippen LogP contribution in [0, 0.1) is 29.6 Å². The van der Waals surface area contributed by atoms with Crippen LogP contribution in [0.4, 0.5) is 13.2 Å². The van der Waals surface area contributed by atoms with Crippen LogP contribution in [0.2, 0.25) is 0 Å². The monoisotopic (exact) mass is 194 g/mol. The minimum atomic E-state index is -4.02. The Hall–Kier alpha value is -0.210. The molecule has 3 heteroatoms. The molecule has 0 N–H and O–H groups in total. The van der Waals surface area contributed by atoms with Gasteiger partial charge in [0.2, 0.25) is 0 Å². The summed E-state index contributed by atoms with van der Waals surface area (Å²) in [7, 11) is 0. The van der Waals surface area contributed by atoms with Crippen molar-refractivity contribution in [2.75, 3.05) is 0 Å². The molecule has 0 aliphatic heterocycles. The molecule has 0 heterocycles. The van der Waals surface area contributed by atoms with Crippen LogP contribution in [-0.2, 0) is 0 Å². The molecule has 1 aliphatic carbocycles. The van der Waals surface area contributed by atoms with Crippen molar-refractivity contribution >= 4 is 0 Å². The van der Waals surface area contributed by atoms with Gasteiger partial charge in [0.1, 0.15) is 0 Å². The molecule has 1 rings (SSSR count). The topological polar surface area (TPSA) is 0 Å². The van der Waals surface area contributed by atoms with Crippen LogP contribution in [0.5, 0.6) is 0 Å². The van der Waals surface area contributed by atoms with Crippen molar-refractivity contribution in [3.63, 3.8) is 0 Å². The van der Waals surface area contributed by atoms with Crippen LogP contribution in [0.3, 0.4) is 0 Å². The molecule has 1 aliphatic rings. The van der Waals surface area contributed by atoms with Gasteiger partial charge in [-0.05, 0) is 23.7 Å². The van der Waals surface area contributed by atoms with Gasteiger partial charge in [-0.15, -0.1) is 0 Å². The molecule has 0 spiro atoms. The molecule has 0 saturated heterocycles. The molecule has 13 heavy (non-hydrogen) atoms. The van der Waals surface area contributed by atoms with E-state index in [1.807, 2.05) is 13.8 Å². The van der Waals surface area contributed by atoms with E-state index in [1.165, 1.54) is 0 Å². The van der Waals surface area contributed by atoms with Gasteiger partial charge in [0, 0.05) is 0 Å². The highest BCUT2D eigenvalue weighted by Crippen LogP contribution is 2.51. The zero-order valence-electron chi connectivity index (χ0n) is 8.52. The zero-order chi connectivity index (χ0) is 10.4. The van der Waals surface area contributed by atoms with Gasteiger partial charge in [-0.1, -0.05) is 27.7 Å². The number of halogens is 3. The Morgan fingerprint density at radius 3 is 1.15 bits per heavy atom. The lowest BCUT2D eigenvalue weighted by atomic mass is 9.89. The van der Waals surface area contributed by atoms with E-state index in [9.17, 15) is 13.2 Å². The van der Waals surface area contributed by atoms with Crippen LogP contribution in [-0.4, -0.2) is 6.18 Å². The van der Waals surface area contributed by atoms with Gasteiger partial charge in [-0.3, -0.25) is 0 Å². The standard InChI is InChI=1S/C10H17F3/c1-5-6(2)8(4)9(7(5)3)10(11,12)13/h5-9H,1-4H3. The summed E-state index contributed by atoms with van der Waals surface area (Å²) in [6.45, 7) is 7.31. The quantitative estimate of drug-likeness (QED) is 0.551. The fraction of sp³-hybridized carbons (Fsp3) is 1.00. The smallest absolute Gasteiger partial charge is 0.171 e. The first-order valence-electron chi connectivity index (χ1n) is 4.83. The van der Waals surface area contributed by atoms with Gasteiger partial charge in [-0.25, -0.2) is 0 Å². The fourth-order valence-electron chi connectivity index (χ4n) is 2.69. The van der Waals surface area contributed by atoms with Crippen molar-refractivity contribution in [1.82, 2.24) is 0 Å². The molecule has 4 atom stereocenters. The minimum absolute atomic E-state index is 0.182. The summed E-state index contributed by atoms with van der Waals surface area (Å²) in [5.74, 6) is -1.20. The number of hydrogen-bond donors (Lipinski definition) is 0. The second kappa shape index (κ2) is 3.18. The third kappa shape index (κ3) is 1.70. The average molecular weight is 194 g/mol. The molecular formula is C10H17F3. The van der Waals surface area contributed by atoms with Crippen molar-refractivity contribution in [2.45, 2.75) is 33.9 Å². The molecular weight excluding hydrogens is 177 g/mol. The largest absolute Gasteiger partial charge is 0.392 e. The van der Waals surface area contributed by atoms with E-state index in [2.05, 4.69) is 0 Å². The van der Waals surface area contributed by atoms with Crippen LogP contribution in [0.25, 0.3) is 0 Å². The molecule has 1 saturated carbocycles. The molecule has 0 aromatic rings. The number of alkyl halides is 3. The Labute approximate surface area is 77.5 Å². The Morgan fingerprint density at radius 1 is 0.692 bits per heavy atom. The first kappa shape index (κ1) is 10.9. The summed E-state index contributed by atoms with van der Waals surface area (Å²) in [6, 6.07) is 0. The zero-order valence-corrected chi connectivity index (χ0v) is 8.52. The van der Waals surface area contributed by atoms with Crippen LogP contribution >= 0.6 is 0 Å². The van der Waals surface area contributed by atoms with Crippen molar-refractivity contribution in [2.24, 2.45) is 29.6 Å². The lowest BCUT2D eigenvalue weighted by Crippen LogP contribution is -2.30. The van der Waals surface area contributed by atoms with E-state index in [4.69, 9.17) is 0 Å². The van der Waals surface area contributed by atoms with E-state index >= 15 is 0 Å².